The van der Waals surface area contributed by atoms with Gasteiger partial charge in [0.15, 0.2) is 11.5 Å². The molecule has 0 unspecified atom stereocenters. The maximum Gasteiger partial charge on any atom is 0.244 e. The van der Waals surface area contributed by atoms with E-state index < -0.39 is 22.5 Å². The van der Waals surface area contributed by atoms with Gasteiger partial charge in [0.25, 0.3) is 0 Å². The number of nitrogens with one attached hydrogen (secondary N) is 1. The van der Waals surface area contributed by atoms with Gasteiger partial charge in [-0.1, -0.05) is 11.6 Å². The van der Waals surface area contributed by atoms with Crippen molar-refractivity contribution in [1.29, 1.82) is 0 Å². The van der Waals surface area contributed by atoms with Crippen molar-refractivity contribution in [1.82, 2.24) is 4.31 Å². The number of hydrogen-bond acceptors (Lipinski definition) is 7. The molecule has 1 aliphatic heterocycles. The standard InChI is InChI=1S/C22H21ClN2O7S/c1-29-19-6-4-15(11-18(19)23)24-22(26)14-25(13-16-3-2-8-30-16)33(27,28)17-5-7-20-21(12-17)32-10-9-31-20/h2-8,11-12H,9-10,13-14H2,1H3,(H,24,26). The minimum Gasteiger partial charge on any atom is -0.495 e. The van der Waals surface area contributed by atoms with Crippen molar-refractivity contribution >= 4 is 33.2 Å². The third kappa shape index (κ3) is 5.24. The molecule has 33 heavy (non-hydrogen) atoms. The number of methoxy groups -OCH3 is 1. The molecule has 0 bridgehead atoms. The van der Waals surface area contributed by atoms with Crippen LogP contribution in [0.25, 0.3) is 0 Å². The van der Waals surface area contributed by atoms with E-state index in [1.165, 1.54) is 37.6 Å². The van der Waals surface area contributed by atoms with Crippen molar-refractivity contribution in [3.05, 3.63) is 65.6 Å². The molecule has 3 aromatic rings. The second-order valence-electron chi connectivity index (χ2n) is 7.06. The molecular formula is C22H21ClN2O7S. The van der Waals surface area contributed by atoms with Crippen molar-refractivity contribution in [3.8, 4) is 17.2 Å². The summed E-state index contributed by atoms with van der Waals surface area (Å²) in [5, 5.41) is 2.97. The Labute approximate surface area is 195 Å². The number of fused-ring (bicyclic) bond motifs is 1. The average Bonchev–Trinajstić information content (AvgIpc) is 3.31. The van der Waals surface area contributed by atoms with Gasteiger partial charge in [0.05, 0.1) is 36.4 Å². The highest BCUT2D eigenvalue weighted by Crippen LogP contribution is 2.33. The minimum atomic E-state index is -4.09. The van der Waals surface area contributed by atoms with Gasteiger partial charge in [-0.25, -0.2) is 8.42 Å². The number of nitrogens with zero attached hydrogens (tertiary/aromatic N) is 1. The summed E-state index contributed by atoms with van der Waals surface area (Å²) in [5.41, 5.74) is 0.403. The van der Waals surface area contributed by atoms with Crippen molar-refractivity contribution in [2.75, 3.05) is 32.2 Å². The van der Waals surface area contributed by atoms with Crippen LogP contribution in [0.1, 0.15) is 5.76 Å². The third-order valence-corrected chi connectivity index (χ3v) is 6.90. The molecule has 0 fully saturated rings. The number of sulfonamides is 1. The third-order valence-electron chi connectivity index (χ3n) is 4.82. The Morgan fingerprint density at radius 2 is 1.91 bits per heavy atom. The molecule has 11 heteroatoms. The van der Waals surface area contributed by atoms with Crippen molar-refractivity contribution in [2.24, 2.45) is 0 Å². The Hall–Kier alpha value is -3.21. The smallest absolute Gasteiger partial charge is 0.244 e. The molecule has 1 aliphatic rings. The summed E-state index contributed by atoms with van der Waals surface area (Å²) >= 11 is 6.11. The zero-order valence-corrected chi connectivity index (χ0v) is 19.2. The van der Waals surface area contributed by atoms with Gasteiger partial charge in [0.2, 0.25) is 15.9 Å². The molecule has 0 atom stereocenters. The van der Waals surface area contributed by atoms with E-state index in [1.54, 1.807) is 24.3 Å². The molecular weight excluding hydrogens is 472 g/mol. The van der Waals surface area contributed by atoms with Gasteiger partial charge in [-0.2, -0.15) is 4.31 Å². The number of hydrogen-bond donors (Lipinski definition) is 1. The van der Waals surface area contributed by atoms with E-state index in [-0.39, 0.29) is 11.4 Å². The predicted octanol–water partition coefficient (Wildman–Crippen LogP) is 3.54. The maximum absolute atomic E-state index is 13.4. The van der Waals surface area contributed by atoms with E-state index >= 15 is 0 Å². The fourth-order valence-electron chi connectivity index (χ4n) is 3.24. The SMILES string of the molecule is COc1ccc(NC(=O)CN(Cc2ccco2)S(=O)(=O)c2ccc3c(c2)OCCO3)cc1Cl. The summed E-state index contributed by atoms with van der Waals surface area (Å²) < 4.78 is 49.3. The highest BCUT2D eigenvalue weighted by Gasteiger charge is 2.29. The molecule has 0 spiro atoms. The molecule has 4 rings (SSSR count). The number of benzene rings is 2. The molecule has 0 aliphatic carbocycles. The summed E-state index contributed by atoms with van der Waals surface area (Å²) in [7, 11) is -2.61. The maximum atomic E-state index is 13.4. The highest BCUT2D eigenvalue weighted by atomic mass is 35.5. The van der Waals surface area contributed by atoms with Crippen LogP contribution in [0.5, 0.6) is 17.2 Å². The van der Waals surface area contributed by atoms with Crippen LogP contribution in [-0.4, -0.2) is 45.5 Å². The fraction of sp³-hybridized carbons (Fsp3) is 0.227. The van der Waals surface area contributed by atoms with Crippen LogP contribution >= 0.6 is 11.6 Å². The van der Waals surface area contributed by atoms with E-state index in [9.17, 15) is 13.2 Å². The molecule has 1 N–H and O–H groups in total. The Morgan fingerprint density at radius 3 is 2.61 bits per heavy atom. The lowest BCUT2D eigenvalue weighted by atomic mass is 10.3. The van der Waals surface area contributed by atoms with Crippen LogP contribution in [0, 0.1) is 0 Å². The van der Waals surface area contributed by atoms with Crippen LogP contribution < -0.4 is 19.5 Å². The van der Waals surface area contributed by atoms with Gasteiger partial charge in [-0.15, -0.1) is 0 Å². The first-order chi connectivity index (χ1) is 15.9. The van der Waals surface area contributed by atoms with Crippen molar-refractivity contribution in [3.63, 3.8) is 0 Å². The van der Waals surface area contributed by atoms with Gasteiger partial charge < -0.3 is 23.9 Å². The van der Waals surface area contributed by atoms with Crippen LogP contribution in [-0.2, 0) is 21.4 Å². The summed E-state index contributed by atoms with van der Waals surface area (Å²) in [4.78, 5) is 12.7. The zero-order valence-electron chi connectivity index (χ0n) is 17.6. The first-order valence-corrected chi connectivity index (χ1v) is 11.7. The second kappa shape index (κ2) is 9.74. The van der Waals surface area contributed by atoms with E-state index in [0.29, 0.717) is 46.9 Å². The van der Waals surface area contributed by atoms with E-state index in [1.807, 2.05) is 0 Å². The number of carbonyl (C=O) groups is 1. The summed E-state index contributed by atoms with van der Waals surface area (Å²) in [6.45, 7) is 0.111. The average molecular weight is 493 g/mol. The number of amides is 1. The first kappa shape index (κ1) is 23.0. The lowest BCUT2D eigenvalue weighted by Gasteiger charge is -2.23. The van der Waals surface area contributed by atoms with Gasteiger partial charge in [0, 0.05) is 11.8 Å². The number of anilines is 1. The van der Waals surface area contributed by atoms with Crippen LogP contribution in [0.2, 0.25) is 5.02 Å². The molecule has 2 heterocycles. The van der Waals surface area contributed by atoms with E-state index in [2.05, 4.69) is 5.32 Å². The largest absolute Gasteiger partial charge is 0.495 e. The van der Waals surface area contributed by atoms with Crippen LogP contribution in [0.4, 0.5) is 5.69 Å². The Kier molecular flexibility index (Phi) is 6.77. The summed E-state index contributed by atoms with van der Waals surface area (Å²) in [6, 6.07) is 12.3. The summed E-state index contributed by atoms with van der Waals surface area (Å²) in [5.74, 6) is 1.08. The Morgan fingerprint density at radius 1 is 1.12 bits per heavy atom. The number of ether oxygens (including phenoxy) is 3. The monoisotopic (exact) mass is 492 g/mol. The van der Waals surface area contributed by atoms with E-state index in [0.717, 1.165) is 4.31 Å². The molecule has 0 saturated carbocycles. The predicted molar refractivity (Wildman–Crippen MR) is 120 cm³/mol. The Bertz CT molecular complexity index is 1250. The molecule has 2 aromatic carbocycles. The molecule has 0 saturated heterocycles. The fourth-order valence-corrected chi connectivity index (χ4v) is 4.88. The van der Waals surface area contributed by atoms with Gasteiger partial charge in [-0.3, -0.25) is 4.79 Å². The number of halogens is 1. The highest BCUT2D eigenvalue weighted by molar-refractivity contribution is 7.89. The van der Waals surface area contributed by atoms with Gasteiger partial charge in [-0.05, 0) is 42.5 Å². The lowest BCUT2D eigenvalue weighted by molar-refractivity contribution is -0.116. The van der Waals surface area contributed by atoms with Crippen LogP contribution in [0.15, 0.2) is 64.1 Å². The summed E-state index contributed by atoms with van der Waals surface area (Å²) in [6.07, 6.45) is 1.43. The molecule has 9 nitrogen and oxygen atoms in total. The Balaban J connectivity index is 1.58. The van der Waals surface area contributed by atoms with Gasteiger partial charge >= 0.3 is 0 Å². The number of carbonyl (C=O) groups excluding carboxylic acids is 1. The molecule has 174 valence electrons. The van der Waals surface area contributed by atoms with Crippen molar-refractivity contribution in [2.45, 2.75) is 11.4 Å². The zero-order chi connectivity index (χ0) is 23.4. The van der Waals surface area contributed by atoms with Crippen molar-refractivity contribution < 1.29 is 31.8 Å². The topological polar surface area (TPSA) is 107 Å². The minimum absolute atomic E-state index is 0.0291. The quantitative estimate of drug-likeness (QED) is 0.512. The first-order valence-electron chi connectivity index (χ1n) is 9.92. The molecule has 1 amide bonds. The molecule has 1 aromatic heterocycles. The van der Waals surface area contributed by atoms with Gasteiger partial charge in [0.1, 0.15) is 24.7 Å². The molecule has 0 radical (unpaired) electrons. The normalized spacial score (nSPS) is 13.1. The number of rotatable bonds is 8. The number of furan rings is 1. The second-order valence-corrected chi connectivity index (χ2v) is 9.40. The van der Waals surface area contributed by atoms with Crippen LogP contribution in [0.3, 0.4) is 0 Å². The lowest BCUT2D eigenvalue weighted by Crippen LogP contribution is -2.37. The van der Waals surface area contributed by atoms with E-state index in [4.69, 9.17) is 30.2 Å².